The molecule has 0 fully saturated rings. The largest absolute Gasteiger partial charge is 0.508 e. The summed E-state index contributed by atoms with van der Waals surface area (Å²) in [7, 11) is 0.601. The van der Waals surface area contributed by atoms with E-state index in [9.17, 15) is 9.90 Å². The van der Waals surface area contributed by atoms with E-state index in [0.717, 1.165) is 0 Å². The normalized spacial score (nSPS) is 10.6. The maximum Gasteiger partial charge on any atom is 0.413 e. The lowest BCUT2D eigenvalue weighted by molar-refractivity contribution is 0.186. The highest BCUT2D eigenvalue weighted by molar-refractivity contribution is 8.26. The zero-order valence-electron chi connectivity index (χ0n) is 11.8. The monoisotopic (exact) mass is 297 g/mol. The fourth-order valence-corrected chi connectivity index (χ4v) is 1.20. The third kappa shape index (κ3) is 5.66. The number of aromatic nitrogens is 2. The van der Waals surface area contributed by atoms with E-state index < -0.39 is 15.3 Å². The number of phenolic OH excluding ortho intramolecular Hbond substituents is 1. The van der Waals surface area contributed by atoms with Gasteiger partial charge in [0.15, 0.2) is 0 Å². The van der Waals surface area contributed by atoms with E-state index in [1.165, 1.54) is 19.2 Å². The number of fused-ring (bicyclic) bond motifs is 1. The first-order valence-corrected chi connectivity index (χ1v) is 8.41. The van der Waals surface area contributed by atoms with E-state index in [2.05, 4.69) is 31.8 Å². The molecular formula is C13H19N3O3S. The number of amides is 1. The highest BCUT2D eigenvalue weighted by atomic mass is 32.2. The van der Waals surface area contributed by atoms with Gasteiger partial charge in [-0.05, 0) is 24.6 Å². The topological polar surface area (TPSA) is 87.2 Å². The highest BCUT2D eigenvalue weighted by Crippen LogP contribution is 2.19. The van der Waals surface area contributed by atoms with Crippen molar-refractivity contribution in [2.24, 2.45) is 0 Å². The summed E-state index contributed by atoms with van der Waals surface area (Å²) in [5.74, 6) is 7.90. The summed E-state index contributed by atoms with van der Waals surface area (Å²) in [4.78, 5) is 17.8. The zero-order chi connectivity index (χ0) is 15.3. The van der Waals surface area contributed by atoms with Gasteiger partial charge in [0.1, 0.15) is 5.75 Å². The number of aromatic hydroxyl groups is 1. The number of imidazole rings is 1. The maximum atomic E-state index is 10.9. The van der Waals surface area contributed by atoms with Gasteiger partial charge < -0.3 is 14.8 Å². The SMILES string of the molecule is C=S(=C)(C)C.COC(=O)Nc1nc2ccc(O)cc2[nH]1. The van der Waals surface area contributed by atoms with Crippen molar-refractivity contribution in [1.29, 1.82) is 0 Å². The molecule has 20 heavy (non-hydrogen) atoms. The molecule has 0 radical (unpaired) electrons. The number of nitrogens with zero attached hydrogens (tertiary/aromatic N) is 1. The van der Waals surface area contributed by atoms with Crippen molar-refractivity contribution >= 4 is 44.0 Å². The molecule has 1 heterocycles. The van der Waals surface area contributed by atoms with Crippen LogP contribution in [0.5, 0.6) is 5.75 Å². The maximum absolute atomic E-state index is 10.9. The predicted molar refractivity (Wildman–Crippen MR) is 87.5 cm³/mol. The van der Waals surface area contributed by atoms with Crippen LogP contribution in [0.1, 0.15) is 0 Å². The number of hydrogen-bond acceptors (Lipinski definition) is 4. The summed E-state index contributed by atoms with van der Waals surface area (Å²) in [6, 6.07) is 4.68. The molecule has 2 aromatic rings. The molecule has 2 rings (SSSR count). The number of rotatable bonds is 1. The Hall–Kier alpha value is -2.15. The zero-order valence-corrected chi connectivity index (χ0v) is 12.6. The Morgan fingerprint density at radius 1 is 1.45 bits per heavy atom. The fraction of sp³-hybridized carbons (Fsp3) is 0.231. The number of carbonyl (C=O) groups is 1. The number of hydrogen-bond donors (Lipinski definition) is 3. The van der Waals surface area contributed by atoms with Crippen LogP contribution in [0.2, 0.25) is 0 Å². The Bertz CT molecular complexity index is 697. The molecule has 0 bridgehead atoms. The van der Waals surface area contributed by atoms with E-state index >= 15 is 0 Å². The lowest BCUT2D eigenvalue weighted by Gasteiger charge is -1.96. The van der Waals surface area contributed by atoms with Crippen molar-refractivity contribution in [3.63, 3.8) is 0 Å². The molecule has 0 aliphatic carbocycles. The van der Waals surface area contributed by atoms with Crippen LogP contribution in [0.3, 0.4) is 0 Å². The Morgan fingerprint density at radius 3 is 2.60 bits per heavy atom. The van der Waals surface area contributed by atoms with Gasteiger partial charge >= 0.3 is 6.09 Å². The van der Waals surface area contributed by atoms with E-state index in [1.807, 2.05) is 12.5 Å². The molecule has 3 N–H and O–H groups in total. The minimum absolute atomic E-state index is 0.135. The quantitative estimate of drug-likeness (QED) is 0.705. The van der Waals surface area contributed by atoms with Crippen LogP contribution in [-0.2, 0) is 4.74 Å². The molecular weight excluding hydrogens is 278 g/mol. The molecule has 0 saturated heterocycles. The van der Waals surface area contributed by atoms with E-state index in [0.29, 0.717) is 11.0 Å². The third-order valence-electron chi connectivity index (χ3n) is 1.87. The molecule has 7 heteroatoms. The number of H-pyrrole nitrogens is 1. The Kier molecular flexibility index (Phi) is 5.04. The standard InChI is InChI=1S/C9H9N3O3.C4H10S/c1-15-9(14)12-8-10-6-3-2-5(13)4-7(6)11-8;1-5(2,3)4/h2-4,13H,1H3,(H2,10,11,12,14);1-2H2,3-4H3. The highest BCUT2D eigenvalue weighted by Gasteiger charge is 2.06. The summed E-state index contributed by atoms with van der Waals surface area (Å²) in [5.41, 5.74) is 1.29. The molecule has 110 valence electrons. The number of carbonyl (C=O) groups excluding carboxylic acids is 1. The van der Waals surface area contributed by atoms with Crippen molar-refractivity contribution in [2.75, 3.05) is 24.9 Å². The molecule has 0 saturated carbocycles. The van der Waals surface area contributed by atoms with Gasteiger partial charge in [-0.2, -0.15) is 0 Å². The van der Waals surface area contributed by atoms with Gasteiger partial charge in [0, 0.05) is 6.07 Å². The third-order valence-corrected chi connectivity index (χ3v) is 1.87. The molecule has 0 aliphatic heterocycles. The van der Waals surface area contributed by atoms with Gasteiger partial charge in [-0.25, -0.2) is 19.0 Å². The van der Waals surface area contributed by atoms with Gasteiger partial charge in [0.25, 0.3) is 0 Å². The molecule has 1 aromatic heterocycles. The second-order valence-electron chi connectivity index (χ2n) is 4.67. The lowest BCUT2D eigenvalue weighted by atomic mass is 10.3. The molecule has 1 amide bonds. The van der Waals surface area contributed by atoms with Crippen molar-refractivity contribution in [3.8, 4) is 5.75 Å². The first-order chi connectivity index (χ1) is 9.19. The summed E-state index contributed by atoms with van der Waals surface area (Å²) in [6.07, 6.45) is 3.50. The number of phenols is 1. The molecule has 0 aliphatic rings. The second kappa shape index (κ2) is 6.33. The fourth-order valence-electron chi connectivity index (χ4n) is 1.20. The van der Waals surface area contributed by atoms with Gasteiger partial charge in [-0.1, -0.05) is 11.7 Å². The molecule has 1 aromatic carbocycles. The smallest absolute Gasteiger partial charge is 0.413 e. The van der Waals surface area contributed by atoms with Crippen LogP contribution in [0.4, 0.5) is 10.7 Å². The van der Waals surface area contributed by atoms with Gasteiger partial charge in [0.05, 0.1) is 18.1 Å². The van der Waals surface area contributed by atoms with E-state index in [4.69, 9.17) is 0 Å². The van der Waals surface area contributed by atoms with Crippen LogP contribution in [0, 0.1) is 0 Å². The number of ether oxygens (including phenoxy) is 1. The van der Waals surface area contributed by atoms with Crippen molar-refractivity contribution in [3.05, 3.63) is 18.2 Å². The van der Waals surface area contributed by atoms with Gasteiger partial charge in [-0.3, -0.25) is 5.32 Å². The Balaban J connectivity index is 0.000000347. The minimum Gasteiger partial charge on any atom is -0.508 e. The average Bonchev–Trinajstić information content (AvgIpc) is 2.67. The Morgan fingerprint density at radius 2 is 2.05 bits per heavy atom. The predicted octanol–water partition coefficient (Wildman–Crippen LogP) is 2.36. The van der Waals surface area contributed by atoms with Crippen molar-refractivity contribution in [1.82, 2.24) is 9.97 Å². The van der Waals surface area contributed by atoms with Crippen LogP contribution in [0.15, 0.2) is 18.2 Å². The molecule has 0 unspecified atom stereocenters. The lowest BCUT2D eigenvalue weighted by Crippen LogP contribution is -2.11. The van der Waals surface area contributed by atoms with Crippen LogP contribution in [0.25, 0.3) is 11.0 Å². The molecule has 0 atom stereocenters. The molecule has 6 nitrogen and oxygen atoms in total. The number of nitrogens with one attached hydrogen (secondary N) is 2. The summed E-state index contributed by atoms with van der Waals surface area (Å²) < 4.78 is 4.41. The van der Waals surface area contributed by atoms with Crippen molar-refractivity contribution < 1.29 is 14.6 Å². The minimum atomic E-state index is -0.667. The summed E-state index contributed by atoms with van der Waals surface area (Å²) >= 11 is 0. The van der Waals surface area contributed by atoms with E-state index in [1.54, 1.807) is 6.07 Å². The van der Waals surface area contributed by atoms with Crippen molar-refractivity contribution in [2.45, 2.75) is 0 Å². The Labute approximate surface area is 118 Å². The van der Waals surface area contributed by atoms with Crippen LogP contribution >= 0.6 is 9.21 Å². The molecule has 0 spiro atoms. The van der Waals surface area contributed by atoms with Gasteiger partial charge in [0.2, 0.25) is 5.95 Å². The number of methoxy groups -OCH3 is 1. The van der Waals surface area contributed by atoms with Crippen LogP contribution < -0.4 is 5.32 Å². The van der Waals surface area contributed by atoms with E-state index in [-0.39, 0.29) is 11.7 Å². The summed E-state index contributed by atoms with van der Waals surface area (Å²) in [6.45, 7) is 0. The first kappa shape index (κ1) is 15.9. The summed E-state index contributed by atoms with van der Waals surface area (Å²) in [5, 5.41) is 11.6. The van der Waals surface area contributed by atoms with Crippen LogP contribution in [-0.4, -0.2) is 52.5 Å². The average molecular weight is 297 g/mol. The number of benzene rings is 1. The number of anilines is 1. The van der Waals surface area contributed by atoms with Gasteiger partial charge in [-0.15, -0.1) is 0 Å². The number of aromatic amines is 1. The first-order valence-electron chi connectivity index (χ1n) is 5.62. The second-order valence-corrected chi connectivity index (χ2v) is 8.20.